The Morgan fingerprint density at radius 2 is 1.51 bits per heavy atom. The van der Waals surface area contributed by atoms with Gasteiger partial charge in [-0.2, -0.15) is 13.2 Å². The van der Waals surface area contributed by atoms with Crippen molar-refractivity contribution < 1.29 is 42.3 Å². The van der Waals surface area contributed by atoms with Crippen LogP contribution in [0.4, 0.5) is 13.2 Å². The predicted octanol–water partition coefficient (Wildman–Crippen LogP) is 1.74. The highest BCUT2D eigenvalue weighted by atomic mass is 19.4. The van der Waals surface area contributed by atoms with E-state index in [2.05, 4.69) is 10.6 Å². The van der Waals surface area contributed by atoms with Crippen molar-refractivity contribution in [3.8, 4) is 0 Å². The van der Waals surface area contributed by atoms with E-state index >= 15 is 0 Å². The number of carboxylic acid groups (broad SMARTS) is 1. The molecular formula is C25H22F3N3O6. The van der Waals surface area contributed by atoms with Crippen molar-refractivity contribution in [1.82, 2.24) is 15.5 Å². The molecule has 3 rings (SSSR count). The van der Waals surface area contributed by atoms with Crippen LogP contribution in [0.3, 0.4) is 0 Å². The van der Waals surface area contributed by atoms with Crippen LogP contribution in [0.2, 0.25) is 0 Å². The normalized spacial score (nSPS) is 14.9. The molecule has 9 nitrogen and oxygen atoms in total. The molecule has 1 heterocycles. The van der Waals surface area contributed by atoms with Crippen LogP contribution in [0.1, 0.15) is 26.3 Å². The van der Waals surface area contributed by atoms with Gasteiger partial charge in [0.25, 0.3) is 17.6 Å². The van der Waals surface area contributed by atoms with E-state index in [1.54, 1.807) is 42.5 Å². The summed E-state index contributed by atoms with van der Waals surface area (Å²) < 4.78 is 36.7. The number of carbonyl (C=O) groups is 5. The average Bonchev–Trinajstić information content (AvgIpc) is 3.11. The van der Waals surface area contributed by atoms with Crippen molar-refractivity contribution in [1.29, 1.82) is 0 Å². The fourth-order valence-corrected chi connectivity index (χ4v) is 3.67. The summed E-state index contributed by atoms with van der Waals surface area (Å²) >= 11 is 0. The lowest BCUT2D eigenvalue weighted by Crippen LogP contribution is -2.56. The molecule has 0 saturated carbocycles. The quantitative estimate of drug-likeness (QED) is 0.235. The summed E-state index contributed by atoms with van der Waals surface area (Å²) in [6.45, 7) is -0.695. The van der Waals surface area contributed by atoms with E-state index in [9.17, 15) is 42.3 Å². The molecule has 1 unspecified atom stereocenters. The van der Waals surface area contributed by atoms with Gasteiger partial charge in [-0.05, 0) is 23.8 Å². The maximum Gasteiger partial charge on any atom is 0.454 e. The highest BCUT2D eigenvalue weighted by molar-refractivity contribution is 6.22. The lowest BCUT2D eigenvalue weighted by Gasteiger charge is -2.27. The number of aliphatic carboxylic acids is 1. The molecule has 0 aliphatic carbocycles. The molecule has 1 aliphatic heterocycles. The second-order valence-corrected chi connectivity index (χ2v) is 8.05. The van der Waals surface area contributed by atoms with Crippen molar-refractivity contribution >= 4 is 29.5 Å². The van der Waals surface area contributed by atoms with Crippen molar-refractivity contribution in [2.45, 2.75) is 24.7 Å². The van der Waals surface area contributed by atoms with Crippen molar-refractivity contribution in [2.24, 2.45) is 0 Å². The van der Waals surface area contributed by atoms with Gasteiger partial charge in [-0.1, -0.05) is 48.5 Å². The maximum absolute atomic E-state index is 13.2. The monoisotopic (exact) mass is 517 g/mol. The minimum absolute atomic E-state index is 0.0831. The summed E-state index contributed by atoms with van der Waals surface area (Å²) in [7, 11) is 0. The molecule has 3 N–H and O–H groups in total. The molecule has 0 fully saturated rings. The van der Waals surface area contributed by atoms with Crippen LogP contribution < -0.4 is 10.6 Å². The third-order valence-corrected chi connectivity index (χ3v) is 5.49. The number of nitrogens with one attached hydrogen (secondary N) is 2. The van der Waals surface area contributed by atoms with E-state index in [1.165, 1.54) is 12.1 Å². The minimum atomic E-state index is -5.02. The molecule has 0 saturated heterocycles. The molecule has 37 heavy (non-hydrogen) atoms. The first-order valence-electron chi connectivity index (χ1n) is 11.0. The molecule has 3 amide bonds. The maximum atomic E-state index is 13.2. The predicted molar refractivity (Wildman–Crippen MR) is 124 cm³/mol. The van der Waals surface area contributed by atoms with Gasteiger partial charge in [0.1, 0.15) is 12.1 Å². The van der Waals surface area contributed by atoms with Gasteiger partial charge in [-0.25, -0.2) is 4.79 Å². The van der Waals surface area contributed by atoms with Crippen molar-refractivity contribution in [3.63, 3.8) is 0 Å². The molecule has 2 atom stereocenters. The number of benzene rings is 2. The second-order valence-electron chi connectivity index (χ2n) is 8.05. The molecular weight excluding hydrogens is 495 g/mol. The zero-order valence-electron chi connectivity index (χ0n) is 19.2. The zero-order valence-corrected chi connectivity index (χ0v) is 19.2. The number of carboxylic acids is 1. The number of halogens is 3. The largest absolute Gasteiger partial charge is 0.480 e. The van der Waals surface area contributed by atoms with Gasteiger partial charge in [0.2, 0.25) is 5.91 Å². The molecule has 0 bridgehead atoms. The van der Waals surface area contributed by atoms with Gasteiger partial charge in [-0.15, -0.1) is 0 Å². The first kappa shape index (κ1) is 27.3. The highest BCUT2D eigenvalue weighted by Crippen LogP contribution is 2.26. The topological polar surface area (TPSA) is 133 Å². The smallest absolute Gasteiger partial charge is 0.454 e. The van der Waals surface area contributed by atoms with E-state index in [-0.39, 0.29) is 24.1 Å². The Balaban J connectivity index is 1.75. The molecule has 2 aromatic rings. The van der Waals surface area contributed by atoms with Crippen LogP contribution in [0.25, 0.3) is 0 Å². The first-order chi connectivity index (χ1) is 17.5. The number of alkyl halides is 3. The second kappa shape index (κ2) is 11.6. The number of imide groups is 1. The Bertz CT molecular complexity index is 1190. The number of hydrogen-bond donors (Lipinski definition) is 3. The Labute approximate surface area is 208 Å². The number of nitrogens with zero attached hydrogens (tertiary/aromatic N) is 1. The Hall–Kier alpha value is -4.32. The molecule has 2 aromatic carbocycles. The standard InChI is InChI=1S/C25H22F3N3O6/c26-25(27,28)20(32)11-6-12-29-14-18(24(36)37)30-21(33)19(13-15-7-2-1-3-8-15)31-22(34)16-9-4-5-10-17(16)23(31)35/h1-11,18-19,29H,12-14H2,(H,30,33)(H,36,37)/t18-,19?/m0/s1. The summed E-state index contributed by atoms with van der Waals surface area (Å²) in [5.74, 6) is -5.82. The third kappa shape index (κ3) is 6.67. The van der Waals surface area contributed by atoms with Crippen LogP contribution in [0.15, 0.2) is 66.7 Å². The summed E-state index contributed by atoms with van der Waals surface area (Å²) in [5, 5.41) is 14.3. The lowest BCUT2D eigenvalue weighted by molar-refractivity contribution is -0.165. The summed E-state index contributed by atoms with van der Waals surface area (Å²) in [4.78, 5) is 62.6. The number of ketones is 1. The van der Waals surface area contributed by atoms with E-state index < -0.39 is 54.3 Å². The molecule has 194 valence electrons. The number of rotatable bonds is 11. The van der Waals surface area contributed by atoms with Gasteiger partial charge in [0, 0.05) is 19.5 Å². The van der Waals surface area contributed by atoms with Gasteiger partial charge < -0.3 is 15.7 Å². The molecule has 1 aliphatic rings. The van der Waals surface area contributed by atoms with E-state index in [4.69, 9.17) is 0 Å². The number of allylic oxidation sites excluding steroid dienone is 1. The van der Waals surface area contributed by atoms with Crippen LogP contribution in [0.5, 0.6) is 0 Å². The number of amides is 3. The number of fused-ring (bicyclic) bond motifs is 1. The SMILES string of the molecule is O=C(N[C@@H](CNCC=CC(=O)C(F)(F)F)C(=O)O)C(Cc1ccccc1)N1C(=O)c2ccccc2C1=O. The first-order valence-corrected chi connectivity index (χ1v) is 11.0. The van der Waals surface area contributed by atoms with E-state index in [0.717, 1.165) is 11.0 Å². The van der Waals surface area contributed by atoms with Crippen molar-refractivity contribution in [3.05, 3.63) is 83.4 Å². The van der Waals surface area contributed by atoms with Crippen molar-refractivity contribution in [2.75, 3.05) is 13.1 Å². The zero-order chi connectivity index (χ0) is 27.2. The molecule has 0 radical (unpaired) electrons. The summed E-state index contributed by atoms with van der Waals surface area (Å²) in [6, 6.07) is 11.6. The fraction of sp³-hybridized carbons (Fsp3) is 0.240. The Morgan fingerprint density at radius 3 is 2.05 bits per heavy atom. The van der Waals surface area contributed by atoms with Gasteiger partial charge in [0.05, 0.1) is 11.1 Å². The number of hydrogen-bond acceptors (Lipinski definition) is 6. The van der Waals surface area contributed by atoms with Crippen LogP contribution in [-0.2, 0) is 20.8 Å². The lowest BCUT2D eigenvalue weighted by atomic mass is 10.0. The molecule has 12 heteroatoms. The van der Waals surface area contributed by atoms with Crippen LogP contribution >= 0.6 is 0 Å². The van der Waals surface area contributed by atoms with Gasteiger partial charge in [-0.3, -0.25) is 24.1 Å². The highest BCUT2D eigenvalue weighted by Gasteiger charge is 2.43. The molecule has 0 spiro atoms. The van der Waals surface area contributed by atoms with Gasteiger partial charge >= 0.3 is 12.1 Å². The Kier molecular flexibility index (Phi) is 8.56. The Morgan fingerprint density at radius 1 is 0.946 bits per heavy atom. The summed E-state index contributed by atoms with van der Waals surface area (Å²) in [5.41, 5.74) is 0.855. The molecule has 0 aromatic heterocycles. The minimum Gasteiger partial charge on any atom is -0.480 e. The average molecular weight is 517 g/mol. The van der Waals surface area contributed by atoms with Crippen LogP contribution in [-0.4, -0.2) is 70.8 Å². The fourth-order valence-electron chi connectivity index (χ4n) is 3.67. The van der Waals surface area contributed by atoms with E-state index in [0.29, 0.717) is 11.6 Å². The summed E-state index contributed by atoms with van der Waals surface area (Å²) in [6.07, 6.45) is -3.93. The van der Waals surface area contributed by atoms with E-state index in [1.807, 2.05) is 0 Å². The third-order valence-electron chi connectivity index (χ3n) is 5.49. The number of carbonyl (C=O) groups excluding carboxylic acids is 4. The van der Waals surface area contributed by atoms with Gasteiger partial charge in [0.15, 0.2) is 0 Å². The van der Waals surface area contributed by atoms with Crippen LogP contribution in [0, 0.1) is 0 Å².